The minimum absolute atomic E-state index is 0.0453. The molecule has 0 atom stereocenters. The summed E-state index contributed by atoms with van der Waals surface area (Å²) in [5.74, 6) is -4.20. The summed E-state index contributed by atoms with van der Waals surface area (Å²) in [6.45, 7) is 3.51. The Morgan fingerprint density at radius 1 is 0.956 bits per heavy atom. The highest BCUT2D eigenvalue weighted by Gasteiger charge is 2.48. The van der Waals surface area contributed by atoms with Gasteiger partial charge in [-0.2, -0.15) is 0 Å². The molecule has 45 heavy (non-hydrogen) atoms. The fraction of sp³-hybridized carbons (Fsp3) is 0.273. The zero-order valence-electron chi connectivity index (χ0n) is 25.2. The number of anilines is 1. The molecule has 0 aliphatic carbocycles. The van der Waals surface area contributed by atoms with Gasteiger partial charge in [-0.15, -0.1) is 0 Å². The quantitative estimate of drug-likeness (QED) is 0.150. The zero-order valence-corrected chi connectivity index (χ0v) is 25.2. The molecule has 3 aromatic carbocycles. The van der Waals surface area contributed by atoms with Gasteiger partial charge in [-0.25, -0.2) is 9.86 Å². The van der Waals surface area contributed by atoms with E-state index in [1.54, 1.807) is 23.2 Å². The first kappa shape index (κ1) is 31.1. The summed E-state index contributed by atoms with van der Waals surface area (Å²) in [6, 6.07) is 25.9. The predicted molar refractivity (Wildman–Crippen MR) is 163 cm³/mol. The van der Waals surface area contributed by atoms with Crippen molar-refractivity contribution in [3.63, 3.8) is 0 Å². The largest absolute Gasteiger partial charge is 0.454 e. The monoisotopic (exact) mass is 614 g/mol. The molecule has 5 rings (SSSR count). The molecule has 0 bridgehead atoms. The molecule has 0 saturated carbocycles. The van der Waals surface area contributed by atoms with Crippen LogP contribution in [0.2, 0.25) is 0 Å². The third kappa shape index (κ3) is 7.98. The van der Waals surface area contributed by atoms with Crippen molar-refractivity contribution in [1.29, 1.82) is 0 Å². The average Bonchev–Trinajstić information content (AvgIpc) is 3.50. The Morgan fingerprint density at radius 3 is 2.27 bits per heavy atom. The second kappa shape index (κ2) is 14.0. The molecule has 1 amide bonds. The highest BCUT2D eigenvalue weighted by molar-refractivity contribution is 6.22. The van der Waals surface area contributed by atoms with E-state index >= 15 is 0 Å². The van der Waals surface area contributed by atoms with Crippen molar-refractivity contribution in [2.75, 3.05) is 18.7 Å². The van der Waals surface area contributed by atoms with E-state index in [1.807, 2.05) is 72.8 Å². The third-order valence-corrected chi connectivity index (χ3v) is 6.78. The Hall–Kier alpha value is -5.36. The van der Waals surface area contributed by atoms with Crippen LogP contribution >= 0.6 is 0 Å². The maximum Gasteiger partial charge on any atom is 0.407 e. The summed E-state index contributed by atoms with van der Waals surface area (Å²) >= 11 is 0. The van der Waals surface area contributed by atoms with Crippen molar-refractivity contribution in [3.8, 4) is 0 Å². The molecule has 2 aliphatic rings. The first-order chi connectivity index (χ1) is 21.7. The highest BCUT2D eigenvalue weighted by atomic mass is 16.7. The third-order valence-electron chi connectivity index (χ3n) is 6.78. The second-order valence-corrected chi connectivity index (χ2v) is 10.6. The van der Waals surface area contributed by atoms with Crippen LogP contribution in [0.15, 0.2) is 102 Å². The fourth-order valence-corrected chi connectivity index (χ4v) is 4.68. The summed E-state index contributed by atoms with van der Waals surface area (Å²) in [7, 11) is 1.49. The number of amidine groups is 1. The molecule has 3 aromatic rings. The summed E-state index contributed by atoms with van der Waals surface area (Å²) < 4.78 is 22.1. The number of ether oxygens (including phenoxy) is 4. The van der Waals surface area contributed by atoms with Crippen LogP contribution in [0.1, 0.15) is 30.5 Å². The van der Waals surface area contributed by atoms with Gasteiger partial charge in [0.05, 0.1) is 25.5 Å². The van der Waals surface area contributed by atoms with Crippen LogP contribution < -0.4 is 10.2 Å². The zero-order chi connectivity index (χ0) is 31.8. The van der Waals surface area contributed by atoms with Gasteiger partial charge in [0.25, 0.3) is 5.79 Å². The topological polar surface area (TPSA) is 128 Å². The molecule has 0 unspecified atom stereocenters. The molecule has 12 nitrogen and oxygen atoms in total. The Labute approximate surface area is 260 Å². The van der Waals surface area contributed by atoms with E-state index in [0.29, 0.717) is 5.69 Å². The second-order valence-electron chi connectivity index (χ2n) is 10.6. The van der Waals surface area contributed by atoms with Crippen LogP contribution in [0, 0.1) is 5.92 Å². The van der Waals surface area contributed by atoms with Crippen molar-refractivity contribution in [2.24, 2.45) is 10.9 Å². The lowest BCUT2D eigenvalue weighted by Gasteiger charge is -2.36. The van der Waals surface area contributed by atoms with Gasteiger partial charge in [-0.05, 0) is 28.8 Å². The van der Waals surface area contributed by atoms with E-state index < -0.39 is 29.7 Å². The lowest BCUT2D eigenvalue weighted by Crippen LogP contribution is -2.53. The van der Waals surface area contributed by atoms with Gasteiger partial charge in [-0.3, -0.25) is 24.3 Å². The minimum Gasteiger partial charge on any atom is -0.454 e. The number of esters is 2. The molecule has 0 spiro atoms. The molecule has 1 N–H and O–H groups in total. The summed E-state index contributed by atoms with van der Waals surface area (Å²) in [5, 5.41) is 4.20. The highest BCUT2D eigenvalue weighted by Crippen LogP contribution is 2.31. The number of rotatable bonds is 10. The van der Waals surface area contributed by atoms with Gasteiger partial charge in [0.15, 0.2) is 6.73 Å². The Kier molecular flexibility index (Phi) is 9.64. The molecule has 234 valence electrons. The number of hydrogen-bond acceptors (Lipinski definition) is 10. The van der Waals surface area contributed by atoms with E-state index in [1.165, 1.54) is 26.0 Å². The van der Waals surface area contributed by atoms with Crippen LogP contribution in [0.25, 0.3) is 0 Å². The number of hydroxylamine groups is 2. The predicted octanol–water partition coefficient (Wildman–Crippen LogP) is 4.62. The van der Waals surface area contributed by atoms with E-state index in [4.69, 9.17) is 28.8 Å². The molecule has 2 heterocycles. The number of nitrogens with zero attached hydrogens (tertiary/aromatic N) is 3. The Bertz CT molecular complexity index is 1560. The summed E-state index contributed by atoms with van der Waals surface area (Å²) in [5.41, 5.74) is 3.03. The lowest BCUT2D eigenvalue weighted by atomic mass is 10.0. The van der Waals surface area contributed by atoms with Crippen molar-refractivity contribution in [1.82, 2.24) is 10.4 Å². The first-order valence-electron chi connectivity index (χ1n) is 14.3. The number of nitrogens with one attached hydrogen (secondary N) is 1. The van der Waals surface area contributed by atoms with Gasteiger partial charge in [0.1, 0.15) is 12.4 Å². The van der Waals surface area contributed by atoms with E-state index in [9.17, 15) is 14.4 Å². The minimum atomic E-state index is -1.50. The fourth-order valence-electron chi connectivity index (χ4n) is 4.68. The number of hydrogen-bond donors (Lipinski definition) is 1. The van der Waals surface area contributed by atoms with E-state index in [-0.39, 0.29) is 38.1 Å². The molecule has 2 aliphatic heterocycles. The number of aliphatic imine (C=N–C) groups is 1. The van der Waals surface area contributed by atoms with Crippen LogP contribution in [0.5, 0.6) is 0 Å². The molecule has 1 fully saturated rings. The smallest absolute Gasteiger partial charge is 0.407 e. The Morgan fingerprint density at radius 2 is 1.60 bits per heavy atom. The molecule has 0 aromatic heterocycles. The van der Waals surface area contributed by atoms with Gasteiger partial charge in [0.2, 0.25) is 11.8 Å². The van der Waals surface area contributed by atoms with Crippen molar-refractivity contribution < 1.29 is 38.2 Å². The van der Waals surface area contributed by atoms with Crippen molar-refractivity contribution >= 4 is 29.6 Å². The summed E-state index contributed by atoms with van der Waals surface area (Å²) in [6.07, 6.45) is 1.05. The molecule has 1 saturated heterocycles. The van der Waals surface area contributed by atoms with Crippen molar-refractivity contribution in [2.45, 2.75) is 39.3 Å². The van der Waals surface area contributed by atoms with Crippen LogP contribution in [0.3, 0.4) is 0 Å². The first-order valence-corrected chi connectivity index (χ1v) is 14.3. The van der Waals surface area contributed by atoms with Crippen molar-refractivity contribution in [3.05, 3.63) is 114 Å². The number of para-hydroxylation sites is 1. The molecule has 0 radical (unpaired) electrons. The molecular weight excluding hydrogens is 580 g/mol. The van der Waals surface area contributed by atoms with Crippen LogP contribution in [-0.2, 0) is 53.1 Å². The normalized spacial score (nSPS) is 16.3. The van der Waals surface area contributed by atoms with Gasteiger partial charge in [0, 0.05) is 20.4 Å². The summed E-state index contributed by atoms with van der Waals surface area (Å²) in [4.78, 5) is 50.5. The maximum atomic E-state index is 13.3. The number of benzene rings is 3. The lowest BCUT2D eigenvalue weighted by molar-refractivity contribution is -0.235. The maximum absolute atomic E-state index is 13.3. The SMILES string of the molecule is CON1C=C(N(C(=NCc2cccc(CNC(=O)OCc3ccccc3)c2)C2C(=O)OC(C)(C)OC2=O)c2ccccc2)OC1. The molecular formula is C33H34N4O8. The number of carbonyl (C=O) groups is 3. The van der Waals surface area contributed by atoms with Gasteiger partial charge < -0.3 is 24.3 Å². The van der Waals surface area contributed by atoms with E-state index in [0.717, 1.165) is 16.7 Å². The Balaban J connectivity index is 1.40. The van der Waals surface area contributed by atoms with Gasteiger partial charge in [-0.1, -0.05) is 72.8 Å². The van der Waals surface area contributed by atoms with E-state index in [2.05, 4.69) is 5.32 Å². The number of carbonyl (C=O) groups excluding carboxylic acids is 3. The van der Waals surface area contributed by atoms with Crippen LogP contribution in [-0.4, -0.2) is 48.6 Å². The number of amides is 1. The molecule has 12 heteroatoms. The van der Waals surface area contributed by atoms with Gasteiger partial charge >= 0.3 is 18.0 Å². The standard InChI is InChI=1S/C33H34N4O8/c1-33(2)44-30(38)28(31(39)45-33)29(37(26-15-8-5-9-16-26)27-20-36(41-3)22-43-27)34-18-24-13-10-14-25(17-24)19-35-32(40)42-21-23-11-6-4-7-12-23/h4-17,20,28H,18-19,21-22H2,1-3H3,(H,35,40). The average molecular weight is 615 g/mol. The van der Waals surface area contributed by atoms with Crippen LogP contribution in [0.4, 0.5) is 10.5 Å². The number of cyclic esters (lactones) is 2. The number of alkyl carbamates (subject to hydrolysis) is 1.